The second-order valence-electron chi connectivity index (χ2n) is 7.19. The fraction of sp³-hybridized carbons (Fsp3) is 0.111. The lowest BCUT2D eigenvalue weighted by atomic mass is 9.87. The van der Waals surface area contributed by atoms with Gasteiger partial charge in [0.25, 0.3) is 0 Å². The number of allylic oxidation sites excluding steroid dienone is 1. The van der Waals surface area contributed by atoms with Gasteiger partial charge in [0.2, 0.25) is 0 Å². The Balaban J connectivity index is 2.27. The number of hydrogen-bond donors (Lipinski definition) is 3. The van der Waals surface area contributed by atoms with Crippen molar-refractivity contribution in [2.45, 2.75) is 13.3 Å². The molecule has 0 spiro atoms. The Morgan fingerprint density at radius 1 is 1.06 bits per heavy atom. The molecule has 0 radical (unpaired) electrons. The van der Waals surface area contributed by atoms with Crippen LogP contribution < -0.4 is 10.5 Å². The average Bonchev–Trinajstić information content (AvgIpc) is 2.82. The second kappa shape index (κ2) is 10.3. The summed E-state index contributed by atoms with van der Waals surface area (Å²) in [5.41, 5.74) is 13.0. The first-order valence-electron chi connectivity index (χ1n) is 10.3. The largest absolute Gasteiger partial charge is 0.496 e. The number of nitrogens with two attached hydrogens (primary N) is 1. The molecule has 0 heterocycles. The quantitative estimate of drug-likeness (QED) is 0.185. The van der Waals surface area contributed by atoms with E-state index in [-0.39, 0.29) is 0 Å². The monoisotopic (exact) mass is 426 g/mol. The van der Waals surface area contributed by atoms with Gasteiger partial charge >= 0.3 is 5.97 Å². The van der Waals surface area contributed by atoms with Crippen LogP contribution in [0, 0.1) is 5.41 Å². The van der Waals surface area contributed by atoms with E-state index in [1.165, 1.54) is 6.21 Å². The van der Waals surface area contributed by atoms with Crippen LogP contribution in [0.2, 0.25) is 0 Å². The zero-order valence-corrected chi connectivity index (χ0v) is 18.1. The van der Waals surface area contributed by atoms with Gasteiger partial charge in [-0.1, -0.05) is 55.5 Å². The first-order valence-corrected chi connectivity index (χ1v) is 10.3. The second-order valence-corrected chi connectivity index (χ2v) is 7.19. The number of benzene rings is 3. The molecule has 0 atom stereocenters. The molecule has 0 bridgehead atoms. The van der Waals surface area contributed by atoms with Crippen LogP contribution in [0.4, 0.5) is 5.69 Å². The van der Waals surface area contributed by atoms with Crippen molar-refractivity contribution in [1.29, 1.82) is 5.41 Å². The summed E-state index contributed by atoms with van der Waals surface area (Å²) in [5, 5.41) is 16.6. The predicted octanol–water partition coefficient (Wildman–Crippen LogP) is 5.74. The van der Waals surface area contributed by atoms with Gasteiger partial charge in [-0.3, -0.25) is 0 Å². The average molecular weight is 427 g/mol. The maximum absolute atomic E-state index is 10.8. The highest BCUT2D eigenvalue weighted by atomic mass is 16.5. The molecule has 162 valence electrons. The summed E-state index contributed by atoms with van der Waals surface area (Å²) in [4.78, 5) is 10.8. The van der Waals surface area contributed by atoms with E-state index in [1.807, 2.05) is 66.7 Å². The molecular formula is C27H26N2O3. The van der Waals surface area contributed by atoms with E-state index >= 15 is 0 Å². The molecule has 0 aromatic heterocycles. The van der Waals surface area contributed by atoms with E-state index in [9.17, 15) is 4.79 Å². The summed E-state index contributed by atoms with van der Waals surface area (Å²) < 4.78 is 5.63. The van der Waals surface area contributed by atoms with Crippen molar-refractivity contribution in [3.05, 3.63) is 101 Å². The molecule has 3 rings (SSSR count). The predicted molar refractivity (Wildman–Crippen MR) is 131 cm³/mol. The summed E-state index contributed by atoms with van der Waals surface area (Å²) in [6.45, 7) is 2.10. The van der Waals surface area contributed by atoms with Crippen LogP contribution in [0.15, 0.2) is 72.8 Å². The molecule has 0 amide bonds. The number of carbonyl (C=O) groups is 1. The third-order valence-corrected chi connectivity index (χ3v) is 5.24. The maximum Gasteiger partial charge on any atom is 0.328 e. The lowest BCUT2D eigenvalue weighted by Crippen LogP contribution is -2.00. The normalized spacial score (nSPS) is 11.8. The summed E-state index contributed by atoms with van der Waals surface area (Å²) in [6.07, 6.45) is 4.69. The van der Waals surface area contributed by atoms with Gasteiger partial charge in [-0.25, -0.2) is 4.79 Å². The molecule has 0 fully saturated rings. The smallest absolute Gasteiger partial charge is 0.328 e. The summed E-state index contributed by atoms with van der Waals surface area (Å²) in [5.74, 6) is -0.203. The number of para-hydroxylation sites is 1. The molecule has 3 aromatic carbocycles. The van der Waals surface area contributed by atoms with Crippen LogP contribution in [0.3, 0.4) is 0 Å². The Morgan fingerprint density at radius 2 is 1.75 bits per heavy atom. The van der Waals surface area contributed by atoms with Crippen molar-refractivity contribution >= 4 is 35.1 Å². The molecule has 5 heteroatoms. The van der Waals surface area contributed by atoms with E-state index in [1.54, 1.807) is 13.2 Å². The fourth-order valence-corrected chi connectivity index (χ4v) is 3.69. The van der Waals surface area contributed by atoms with E-state index < -0.39 is 5.97 Å². The number of hydrogen-bond acceptors (Lipinski definition) is 4. The summed E-state index contributed by atoms with van der Waals surface area (Å²) >= 11 is 0. The Kier molecular flexibility index (Phi) is 7.24. The van der Waals surface area contributed by atoms with Gasteiger partial charge in [-0.15, -0.1) is 0 Å². The van der Waals surface area contributed by atoms with Crippen LogP contribution in [0.1, 0.15) is 41.2 Å². The number of nitrogens with one attached hydrogen (secondary N) is 1. The molecular weight excluding hydrogens is 400 g/mol. The lowest BCUT2D eigenvalue weighted by Gasteiger charge is -2.19. The van der Waals surface area contributed by atoms with Crippen molar-refractivity contribution in [3.63, 3.8) is 0 Å². The number of rotatable bonds is 8. The lowest BCUT2D eigenvalue weighted by molar-refractivity contribution is -0.131. The van der Waals surface area contributed by atoms with Crippen molar-refractivity contribution in [1.82, 2.24) is 0 Å². The summed E-state index contributed by atoms with van der Waals surface area (Å²) in [7, 11) is 1.66. The van der Waals surface area contributed by atoms with Gasteiger partial charge in [0.05, 0.1) is 7.11 Å². The Bertz CT molecular complexity index is 1190. The van der Waals surface area contributed by atoms with Gasteiger partial charge in [-0.05, 0) is 58.5 Å². The maximum atomic E-state index is 10.8. The van der Waals surface area contributed by atoms with Crippen molar-refractivity contribution in [2.75, 3.05) is 12.8 Å². The Morgan fingerprint density at radius 3 is 2.38 bits per heavy atom. The summed E-state index contributed by atoms with van der Waals surface area (Å²) in [6, 6.07) is 21.3. The Hall–Kier alpha value is -4.12. The number of nitrogen functional groups attached to an aromatic ring is 1. The Labute approximate surface area is 188 Å². The molecule has 0 saturated heterocycles. The van der Waals surface area contributed by atoms with Crippen LogP contribution in [-0.2, 0) is 4.79 Å². The minimum atomic E-state index is -0.986. The third kappa shape index (κ3) is 4.95. The molecule has 0 saturated carbocycles. The first-order chi connectivity index (χ1) is 15.5. The van der Waals surface area contributed by atoms with Gasteiger partial charge in [0, 0.05) is 29.1 Å². The van der Waals surface area contributed by atoms with Gasteiger partial charge in [-0.2, -0.15) is 0 Å². The van der Waals surface area contributed by atoms with Gasteiger partial charge in [0.15, 0.2) is 0 Å². The van der Waals surface area contributed by atoms with E-state index in [2.05, 4.69) is 6.92 Å². The highest BCUT2D eigenvalue weighted by Crippen LogP contribution is 2.38. The number of ether oxygens (including phenoxy) is 1. The molecule has 3 aromatic rings. The molecule has 0 aliphatic heterocycles. The van der Waals surface area contributed by atoms with Gasteiger partial charge < -0.3 is 21.0 Å². The highest BCUT2D eigenvalue weighted by molar-refractivity contribution is 6.01. The van der Waals surface area contributed by atoms with Crippen LogP contribution >= 0.6 is 0 Å². The molecule has 5 nitrogen and oxygen atoms in total. The minimum Gasteiger partial charge on any atom is -0.496 e. The molecule has 32 heavy (non-hydrogen) atoms. The number of aliphatic carboxylic acids is 1. The van der Waals surface area contributed by atoms with E-state index in [0.29, 0.717) is 11.3 Å². The number of carboxylic acid groups (broad SMARTS) is 1. The number of methoxy groups -OCH3 is 1. The molecule has 4 N–H and O–H groups in total. The van der Waals surface area contributed by atoms with E-state index in [4.69, 9.17) is 21.0 Å². The van der Waals surface area contributed by atoms with Crippen molar-refractivity contribution < 1.29 is 14.6 Å². The van der Waals surface area contributed by atoms with Crippen LogP contribution in [0.25, 0.3) is 17.2 Å². The fourth-order valence-electron chi connectivity index (χ4n) is 3.69. The topological polar surface area (TPSA) is 96.4 Å². The molecule has 0 aliphatic carbocycles. The zero-order chi connectivity index (χ0) is 23.1. The molecule has 0 unspecified atom stereocenters. The van der Waals surface area contributed by atoms with Crippen LogP contribution in [-0.4, -0.2) is 24.4 Å². The minimum absolute atomic E-state index is 0.549. The SMILES string of the molecule is CC/C(=C(/c1ccc(/C=C/C(=O)O)cc1)c1ccc(N)c(C=N)c1)c1ccccc1OC. The van der Waals surface area contributed by atoms with E-state index in [0.717, 1.165) is 51.6 Å². The molecule has 0 aliphatic rings. The first kappa shape index (κ1) is 22.6. The van der Waals surface area contributed by atoms with Crippen molar-refractivity contribution in [3.8, 4) is 5.75 Å². The number of anilines is 1. The van der Waals surface area contributed by atoms with Crippen LogP contribution in [0.5, 0.6) is 5.75 Å². The van der Waals surface area contributed by atoms with Gasteiger partial charge in [0.1, 0.15) is 5.75 Å². The highest BCUT2D eigenvalue weighted by Gasteiger charge is 2.16. The zero-order valence-electron chi connectivity index (χ0n) is 18.1. The third-order valence-electron chi connectivity index (χ3n) is 5.24. The standard InChI is InChI=1S/C27H26N2O3/c1-3-22(23-6-4-5-7-25(23)32-2)27(20-13-14-24(29)21(16-20)17-28)19-11-8-18(9-12-19)10-15-26(30)31/h4-17,28H,3,29H2,1-2H3,(H,30,31)/b15-10+,27-22+,28-17?. The van der Waals surface area contributed by atoms with Crippen molar-refractivity contribution in [2.24, 2.45) is 0 Å². The number of carboxylic acids is 1.